The monoisotopic (exact) mass is 328 g/mol. The van der Waals surface area contributed by atoms with E-state index in [9.17, 15) is 0 Å². The van der Waals surface area contributed by atoms with Crippen LogP contribution in [0, 0.1) is 0 Å². The Kier molecular flexibility index (Phi) is 5.48. The molecular weight excluding hydrogens is 308 g/mol. The molecule has 0 N–H and O–H groups in total. The molecule has 0 atom stereocenters. The van der Waals surface area contributed by atoms with E-state index in [1.54, 1.807) is 11.8 Å². The fourth-order valence-corrected chi connectivity index (χ4v) is 3.69. The largest absolute Gasteiger partial charge is 0.344 e. The van der Waals surface area contributed by atoms with Gasteiger partial charge in [-0.3, -0.25) is 4.90 Å². The number of thioether (sulfide) groups is 1. The van der Waals surface area contributed by atoms with Crippen molar-refractivity contribution < 1.29 is 0 Å². The smallest absolute Gasteiger partial charge is 0.138 e. The normalized spacial score (nSPS) is 16.0. The van der Waals surface area contributed by atoms with Crippen LogP contribution >= 0.6 is 24.0 Å². The van der Waals surface area contributed by atoms with Gasteiger partial charge in [-0.1, -0.05) is 84.6 Å². The highest BCUT2D eigenvalue weighted by molar-refractivity contribution is 8.22. The van der Waals surface area contributed by atoms with Crippen LogP contribution in [-0.2, 0) is 13.0 Å². The van der Waals surface area contributed by atoms with Gasteiger partial charge >= 0.3 is 0 Å². The highest BCUT2D eigenvalue weighted by Crippen LogP contribution is 2.21. The molecule has 0 aromatic heterocycles. The topological polar surface area (TPSA) is 6.48 Å². The van der Waals surface area contributed by atoms with Gasteiger partial charge in [-0.15, -0.1) is 0 Å². The second kappa shape index (κ2) is 7.77. The van der Waals surface area contributed by atoms with Crippen molar-refractivity contribution in [3.63, 3.8) is 0 Å². The molecule has 0 bridgehead atoms. The maximum Gasteiger partial charge on any atom is 0.138 e. The second-order valence-electron chi connectivity index (χ2n) is 5.49. The van der Waals surface area contributed by atoms with Crippen molar-refractivity contribution in [1.82, 2.24) is 9.80 Å². The van der Waals surface area contributed by atoms with Gasteiger partial charge in [0.25, 0.3) is 0 Å². The van der Waals surface area contributed by atoms with Crippen molar-refractivity contribution in [3.8, 4) is 0 Å². The minimum atomic E-state index is 0.924. The van der Waals surface area contributed by atoms with Crippen LogP contribution in [0.4, 0.5) is 0 Å². The van der Waals surface area contributed by atoms with Crippen molar-refractivity contribution >= 4 is 28.3 Å². The fraction of sp³-hybridized carbons (Fsp3) is 0.278. The zero-order valence-corrected chi connectivity index (χ0v) is 14.2. The Bertz CT molecular complexity index is 601. The van der Waals surface area contributed by atoms with Gasteiger partial charge in [-0.2, -0.15) is 0 Å². The van der Waals surface area contributed by atoms with E-state index in [0.717, 1.165) is 36.4 Å². The third-order valence-electron chi connectivity index (χ3n) is 3.76. The number of hydrogen-bond acceptors (Lipinski definition) is 3. The first kappa shape index (κ1) is 15.5. The zero-order valence-electron chi connectivity index (χ0n) is 12.5. The van der Waals surface area contributed by atoms with Crippen molar-refractivity contribution in [1.29, 1.82) is 0 Å². The lowest BCUT2D eigenvalue weighted by Crippen LogP contribution is -2.45. The minimum Gasteiger partial charge on any atom is -0.344 e. The average Bonchev–Trinajstić information content (AvgIpc) is 2.57. The number of rotatable bonds is 5. The van der Waals surface area contributed by atoms with Crippen LogP contribution in [0.1, 0.15) is 11.1 Å². The van der Waals surface area contributed by atoms with Gasteiger partial charge in [0.2, 0.25) is 0 Å². The standard InChI is InChI=1S/C18H20N2S2/c21-18-20(12-11-16-7-3-1-4-8-16)14-19(15-22-18)13-17-9-5-2-6-10-17/h1-10H,11-15H2. The highest BCUT2D eigenvalue weighted by Gasteiger charge is 2.21. The molecule has 1 aliphatic rings. The summed E-state index contributed by atoms with van der Waals surface area (Å²) in [5, 5.41) is 0. The van der Waals surface area contributed by atoms with E-state index in [1.807, 2.05) is 0 Å². The summed E-state index contributed by atoms with van der Waals surface area (Å²) in [6.07, 6.45) is 1.04. The molecule has 3 rings (SSSR count). The van der Waals surface area contributed by atoms with E-state index in [4.69, 9.17) is 12.2 Å². The molecule has 2 nitrogen and oxygen atoms in total. The summed E-state index contributed by atoms with van der Waals surface area (Å²) < 4.78 is 1.03. The molecule has 4 heteroatoms. The van der Waals surface area contributed by atoms with Crippen LogP contribution in [0.3, 0.4) is 0 Å². The quantitative estimate of drug-likeness (QED) is 0.766. The maximum atomic E-state index is 5.52. The van der Waals surface area contributed by atoms with Crippen LogP contribution in [0.5, 0.6) is 0 Å². The Morgan fingerprint density at radius 2 is 1.55 bits per heavy atom. The SMILES string of the molecule is S=C1SCN(Cc2ccccc2)CN1CCc1ccccc1. The second-order valence-corrected chi connectivity index (χ2v) is 7.07. The lowest BCUT2D eigenvalue weighted by Gasteiger charge is -2.36. The lowest BCUT2D eigenvalue weighted by atomic mass is 10.1. The van der Waals surface area contributed by atoms with E-state index in [-0.39, 0.29) is 0 Å². The molecule has 1 saturated heterocycles. The van der Waals surface area contributed by atoms with E-state index in [1.165, 1.54) is 11.1 Å². The summed E-state index contributed by atoms with van der Waals surface area (Å²) in [5.74, 6) is 0.982. The van der Waals surface area contributed by atoms with E-state index in [2.05, 4.69) is 70.5 Å². The summed E-state index contributed by atoms with van der Waals surface area (Å²) in [6.45, 7) is 2.90. The van der Waals surface area contributed by atoms with Crippen LogP contribution in [0.15, 0.2) is 60.7 Å². The summed E-state index contributed by atoms with van der Waals surface area (Å²) in [6, 6.07) is 21.3. The van der Waals surface area contributed by atoms with Gasteiger partial charge in [0.15, 0.2) is 0 Å². The Hall–Kier alpha value is -1.36. The van der Waals surface area contributed by atoms with Crippen LogP contribution < -0.4 is 0 Å². The van der Waals surface area contributed by atoms with Crippen LogP contribution in [0.25, 0.3) is 0 Å². The predicted molar refractivity (Wildman–Crippen MR) is 98.8 cm³/mol. The van der Waals surface area contributed by atoms with Crippen molar-refractivity contribution in [3.05, 3.63) is 71.8 Å². The number of benzene rings is 2. The molecule has 0 amide bonds. The van der Waals surface area contributed by atoms with Gasteiger partial charge < -0.3 is 4.90 Å². The fourth-order valence-electron chi connectivity index (χ4n) is 2.59. The molecule has 2 aromatic rings. The third kappa shape index (κ3) is 4.32. The molecule has 1 fully saturated rings. The summed E-state index contributed by atoms with van der Waals surface area (Å²) >= 11 is 7.29. The number of nitrogens with zero attached hydrogens (tertiary/aromatic N) is 2. The average molecular weight is 329 g/mol. The summed E-state index contributed by atoms with van der Waals surface area (Å²) in [5.41, 5.74) is 2.73. The number of hydrogen-bond donors (Lipinski definition) is 0. The Labute approximate surface area is 142 Å². The molecule has 1 aliphatic heterocycles. The molecule has 0 spiro atoms. The first-order valence-electron chi connectivity index (χ1n) is 7.53. The zero-order chi connectivity index (χ0) is 15.2. The molecule has 0 unspecified atom stereocenters. The molecule has 0 aliphatic carbocycles. The molecule has 114 valence electrons. The predicted octanol–water partition coefficient (Wildman–Crippen LogP) is 3.98. The van der Waals surface area contributed by atoms with Crippen molar-refractivity contribution in [2.75, 3.05) is 19.1 Å². The molecule has 1 heterocycles. The Morgan fingerprint density at radius 3 is 2.23 bits per heavy atom. The molecular formula is C18H20N2S2. The summed E-state index contributed by atoms with van der Waals surface area (Å²) in [7, 11) is 0. The molecule has 2 aromatic carbocycles. The molecule has 22 heavy (non-hydrogen) atoms. The van der Waals surface area contributed by atoms with Crippen LogP contribution in [0.2, 0.25) is 0 Å². The lowest BCUT2D eigenvalue weighted by molar-refractivity contribution is 0.206. The van der Waals surface area contributed by atoms with Gasteiger partial charge in [0, 0.05) is 13.1 Å². The molecule has 0 saturated carbocycles. The van der Waals surface area contributed by atoms with E-state index < -0.39 is 0 Å². The van der Waals surface area contributed by atoms with Gasteiger partial charge in [0.05, 0.1) is 12.5 Å². The minimum absolute atomic E-state index is 0.924. The van der Waals surface area contributed by atoms with Crippen molar-refractivity contribution in [2.24, 2.45) is 0 Å². The third-order valence-corrected chi connectivity index (χ3v) is 5.37. The van der Waals surface area contributed by atoms with E-state index >= 15 is 0 Å². The number of thiocarbonyl (C=S) groups is 1. The Morgan fingerprint density at radius 1 is 0.909 bits per heavy atom. The highest BCUT2D eigenvalue weighted by atomic mass is 32.2. The van der Waals surface area contributed by atoms with Crippen LogP contribution in [-0.4, -0.2) is 33.2 Å². The first-order valence-corrected chi connectivity index (χ1v) is 8.92. The van der Waals surface area contributed by atoms with E-state index in [0.29, 0.717) is 0 Å². The van der Waals surface area contributed by atoms with Gasteiger partial charge in [0.1, 0.15) is 4.32 Å². The van der Waals surface area contributed by atoms with Gasteiger partial charge in [-0.05, 0) is 17.5 Å². The maximum absolute atomic E-state index is 5.52. The Balaban J connectivity index is 1.55. The first-order chi connectivity index (χ1) is 10.8. The van der Waals surface area contributed by atoms with Gasteiger partial charge in [-0.25, -0.2) is 0 Å². The molecule has 0 radical (unpaired) electrons. The van der Waals surface area contributed by atoms with Crippen molar-refractivity contribution in [2.45, 2.75) is 13.0 Å². The summed E-state index contributed by atoms with van der Waals surface area (Å²) in [4.78, 5) is 4.76.